The molecule has 0 fully saturated rings. The predicted molar refractivity (Wildman–Crippen MR) is 97.5 cm³/mol. The summed E-state index contributed by atoms with van der Waals surface area (Å²) in [6.07, 6.45) is 0.482. The van der Waals surface area contributed by atoms with Gasteiger partial charge in [0.25, 0.3) is 5.22 Å². The molecule has 0 aliphatic rings. The molecule has 0 aliphatic carbocycles. The van der Waals surface area contributed by atoms with Gasteiger partial charge in [-0.15, -0.1) is 0 Å². The summed E-state index contributed by atoms with van der Waals surface area (Å²) >= 11 is 1.21. The summed E-state index contributed by atoms with van der Waals surface area (Å²) in [6, 6.07) is 16.5. The van der Waals surface area contributed by atoms with Crippen molar-refractivity contribution in [3.8, 4) is 0 Å². The van der Waals surface area contributed by atoms with E-state index in [0.29, 0.717) is 17.2 Å². The lowest BCUT2D eigenvalue weighted by molar-refractivity contribution is -0.125. The van der Waals surface area contributed by atoms with E-state index in [2.05, 4.69) is 10.3 Å². The van der Waals surface area contributed by atoms with Crippen molar-refractivity contribution in [1.82, 2.24) is 10.3 Å². The van der Waals surface area contributed by atoms with Crippen LogP contribution < -0.4 is 5.32 Å². The van der Waals surface area contributed by atoms with Crippen LogP contribution in [0.1, 0.15) is 12.5 Å². The molecule has 3 aromatic rings. The molecule has 25 heavy (non-hydrogen) atoms. The van der Waals surface area contributed by atoms with Crippen LogP contribution in [0.3, 0.4) is 0 Å². The van der Waals surface area contributed by atoms with Crippen molar-refractivity contribution in [1.29, 1.82) is 0 Å². The average molecular weight is 354 g/mol. The number of oxazole rings is 1. The summed E-state index contributed by atoms with van der Waals surface area (Å²) in [5, 5.41) is 3.23. The molecule has 0 radical (unpaired) electrons. The van der Waals surface area contributed by atoms with Gasteiger partial charge < -0.3 is 9.73 Å². The van der Waals surface area contributed by atoms with Gasteiger partial charge in [0.05, 0.1) is 11.8 Å². The van der Waals surface area contributed by atoms with Gasteiger partial charge >= 0.3 is 0 Å². The van der Waals surface area contributed by atoms with E-state index in [1.165, 1.54) is 18.7 Å². The average Bonchev–Trinajstić information content (AvgIpc) is 3.03. The molecule has 128 valence electrons. The quantitative estimate of drug-likeness (QED) is 0.660. The number of aromatic nitrogens is 1. The standard InChI is InChI=1S/C19H18N2O3S/c1-13(22)16(11-14-7-3-2-4-8-14)20-18(23)12-25-19-21-15-9-5-6-10-17(15)24-19/h2-10,16H,11-12H2,1H3,(H,20,23)/t16-/m1/s1. The molecule has 0 spiro atoms. The summed E-state index contributed by atoms with van der Waals surface area (Å²) in [5.41, 5.74) is 2.46. The summed E-state index contributed by atoms with van der Waals surface area (Å²) in [5.74, 6) is -0.141. The highest BCUT2D eigenvalue weighted by molar-refractivity contribution is 7.99. The number of nitrogens with zero attached hydrogens (tertiary/aromatic N) is 1. The Hall–Kier alpha value is -2.60. The van der Waals surface area contributed by atoms with Crippen LogP contribution in [-0.2, 0) is 16.0 Å². The minimum absolute atomic E-state index is 0.0657. The Labute approximate surface area is 149 Å². The Morgan fingerprint density at radius 2 is 1.84 bits per heavy atom. The Morgan fingerprint density at radius 1 is 1.12 bits per heavy atom. The molecule has 0 unspecified atom stereocenters. The maximum absolute atomic E-state index is 12.2. The molecule has 0 bridgehead atoms. The molecule has 0 saturated heterocycles. The zero-order chi connectivity index (χ0) is 17.6. The second-order valence-electron chi connectivity index (χ2n) is 5.66. The molecule has 0 saturated carbocycles. The van der Waals surface area contributed by atoms with E-state index in [1.807, 2.05) is 54.6 Å². The fourth-order valence-electron chi connectivity index (χ4n) is 2.42. The highest BCUT2D eigenvalue weighted by Crippen LogP contribution is 2.22. The zero-order valence-electron chi connectivity index (χ0n) is 13.8. The lowest BCUT2D eigenvalue weighted by Gasteiger charge is -2.15. The van der Waals surface area contributed by atoms with Gasteiger partial charge in [-0.2, -0.15) is 0 Å². The Morgan fingerprint density at radius 3 is 2.56 bits per heavy atom. The maximum atomic E-state index is 12.2. The van der Waals surface area contributed by atoms with E-state index >= 15 is 0 Å². The highest BCUT2D eigenvalue weighted by atomic mass is 32.2. The van der Waals surface area contributed by atoms with Gasteiger partial charge in [0, 0.05) is 0 Å². The van der Waals surface area contributed by atoms with Gasteiger partial charge in [0.1, 0.15) is 5.52 Å². The third-order valence-corrected chi connectivity index (χ3v) is 4.54. The molecule has 5 nitrogen and oxygen atoms in total. The second kappa shape index (κ2) is 7.98. The van der Waals surface area contributed by atoms with Gasteiger partial charge in [0.2, 0.25) is 5.91 Å². The predicted octanol–water partition coefficient (Wildman–Crippen LogP) is 3.24. The van der Waals surface area contributed by atoms with Crippen molar-refractivity contribution in [2.24, 2.45) is 0 Å². The Kier molecular flexibility index (Phi) is 5.50. The number of para-hydroxylation sites is 2. The minimum atomic E-state index is -0.529. The van der Waals surface area contributed by atoms with Crippen molar-refractivity contribution in [2.45, 2.75) is 24.6 Å². The normalized spacial score (nSPS) is 12.0. The monoisotopic (exact) mass is 354 g/mol. The zero-order valence-corrected chi connectivity index (χ0v) is 14.6. The third kappa shape index (κ3) is 4.70. The number of rotatable bonds is 7. The number of carbonyl (C=O) groups excluding carboxylic acids is 2. The first-order valence-corrected chi connectivity index (χ1v) is 8.92. The number of carbonyl (C=O) groups is 2. The molecule has 1 aromatic heterocycles. The Bertz CT molecular complexity index is 844. The summed E-state index contributed by atoms with van der Waals surface area (Å²) in [7, 11) is 0. The highest BCUT2D eigenvalue weighted by Gasteiger charge is 2.18. The smallest absolute Gasteiger partial charge is 0.257 e. The van der Waals surface area contributed by atoms with E-state index in [0.717, 1.165) is 11.1 Å². The van der Waals surface area contributed by atoms with Crippen LogP contribution in [-0.4, -0.2) is 28.5 Å². The van der Waals surface area contributed by atoms with E-state index in [-0.39, 0.29) is 17.4 Å². The van der Waals surface area contributed by atoms with Crippen molar-refractivity contribution in [3.05, 3.63) is 60.2 Å². The molecule has 6 heteroatoms. The van der Waals surface area contributed by atoms with Gasteiger partial charge in [-0.3, -0.25) is 9.59 Å². The number of Topliss-reactive ketones (excluding diaryl/α,β-unsaturated/α-hetero) is 1. The molecular weight excluding hydrogens is 336 g/mol. The van der Waals surface area contributed by atoms with Crippen molar-refractivity contribution < 1.29 is 14.0 Å². The number of hydrogen-bond donors (Lipinski definition) is 1. The number of benzene rings is 2. The lowest BCUT2D eigenvalue weighted by atomic mass is 10.0. The number of nitrogens with one attached hydrogen (secondary N) is 1. The van der Waals surface area contributed by atoms with Crippen LogP contribution in [0, 0.1) is 0 Å². The fraction of sp³-hybridized carbons (Fsp3) is 0.211. The van der Waals surface area contributed by atoms with Crippen LogP contribution in [0.2, 0.25) is 0 Å². The molecule has 3 rings (SSSR count). The molecule has 1 atom stereocenters. The van der Waals surface area contributed by atoms with Crippen LogP contribution in [0.4, 0.5) is 0 Å². The summed E-state index contributed by atoms with van der Waals surface area (Å²) in [6.45, 7) is 1.49. The first-order valence-electron chi connectivity index (χ1n) is 7.94. The number of hydrogen-bond acceptors (Lipinski definition) is 5. The second-order valence-corrected chi connectivity index (χ2v) is 6.58. The first kappa shape index (κ1) is 17.2. The molecule has 0 aliphatic heterocycles. The van der Waals surface area contributed by atoms with Crippen LogP contribution in [0.15, 0.2) is 64.2 Å². The SMILES string of the molecule is CC(=O)[C@@H](Cc1ccccc1)NC(=O)CSc1nc2ccccc2o1. The fourth-order valence-corrected chi connectivity index (χ4v) is 3.07. The summed E-state index contributed by atoms with van der Waals surface area (Å²) < 4.78 is 5.57. The number of fused-ring (bicyclic) bond motifs is 1. The van der Waals surface area contributed by atoms with E-state index < -0.39 is 6.04 Å². The van der Waals surface area contributed by atoms with E-state index in [4.69, 9.17) is 4.42 Å². The van der Waals surface area contributed by atoms with Gasteiger partial charge in [-0.25, -0.2) is 4.98 Å². The van der Waals surface area contributed by atoms with Crippen LogP contribution >= 0.6 is 11.8 Å². The molecule has 2 aromatic carbocycles. The van der Waals surface area contributed by atoms with Crippen molar-refractivity contribution >= 4 is 34.6 Å². The van der Waals surface area contributed by atoms with Gasteiger partial charge in [-0.1, -0.05) is 54.2 Å². The first-order chi connectivity index (χ1) is 12.1. The molecule has 1 heterocycles. The number of thioether (sulfide) groups is 1. The molecule has 1 N–H and O–H groups in total. The van der Waals surface area contributed by atoms with Crippen LogP contribution in [0.5, 0.6) is 0 Å². The van der Waals surface area contributed by atoms with Crippen molar-refractivity contribution in [3.63, 3.8) is 0 Å². The van der Waals surface area contributed by atoms with Crippen molar-refractivity contribution in [2.75, 3.05) is 5.75 Å². The van der Waals surface area contributed by atoms with Crippen LogP contribution in [0.25, 0.3) is 11.1 Å². The Balaban J connectivity index is 1.57. The lowest BCUT2D eigenvalue weighted by Crippen LogP contribution is -2.42. The third-order valence-electron chi connectivity index (χ3n) is 3.71. The maximum Gasteiger partial charge on any atom is 0.257 e. The van der Waals surface area contributed by atoms with E-state index in [9.17, 15) is 9.59 Å². The van der Waals surface area contributed by atoms with Gasteiger partial charge in [0.15, 0.2) is 11.4 Å². The number of ketones is 1. The molecule has 1 amide bonds. The molecular formula is C19H18N2O3S. The largest absolute Gasteiger partial charge is 0.431 e. The van der Waals surface area contributed by atoms with E-state index in [1.54, 1.807) is 0 Å². The summed E-state index contributed by atoms with van der Waals surface area (Å²) in [4.78, 5) is 28.3. The minimum Gasteiger partial charge on any atom is -0.431 e. The number of amides is 1. The topological polar surface area (TPSA) is 72.2 Å². The van der Waals surface area contributed by atoms with Gasteiger partial charge in [-0.05, 0) is 31.0 Å².